The summed E-state index contributed by atoms with van der Waals surface area (Å²) < 4.78 is 32.5. The van der Waals surface area contributed by atoms with Crippen LogP contribution in [0, 0.1) is 6.92 Å². The predicted molar refractivity (Wildman–Crippen MR) is 209 cm³/mol. The van der Waals surface area contributed by atoms with E-state index in [2.05, 4.69) is 123 Å². The molecule has 5 rings (SSSR count). The number of aryl methyl sites for hydroxylation is 1. The Hall–Kier alpha value is -5.31. The third kappa shape index (κ3) is 10.1. The van der Waals surface area contributed by atoms with E-state index >= 15 is 0 Å². The van der Waals surface area contributed by atoms with Crippen LogP contribution in [0.2, 0.25) is 0 Å². The summed E-state index contributed by atoms with van der Waals surface area (Å²) in [7, 11) is 8.11. The standard InChI is InChI=1S/C35H38N2O2.C7H9NO2S/c1-36(2)30-18-10-26(11-19-30)34(28-14-22-32(38-5)23-15-28)8-7-9-35(29-16-24-33(39-6)25-17-29)27-12-20-31(21-13-27)37(3)4;1-6-4-2-3-5-7(6)11(8,9)10/h8-25H,7H2,1-6H3;2-5H,1H3,(H2,8,9,10). The fourth-order valence-corrected chi connectivity index (χ4v) is 6.18. The lowest BCUT2D eigenvalue weighted by Crippen LogP contribution is -2.13. The van der Waals surface area contributed by atoms with Crippen molar-refractivity contribution in [3.8, 4) is 11.5 Å². The van der Waals surface area contributed by atoms with E-state index in [0.717, 1.165) is 29.0 Å². The largest absolute Gasteiger partial charge is 0.497 e. The van der Waals surface area contributed by atoms with Crippen molar-refractivity contribution in [1.82, 2.24) is 0 Å². The van der Waals surface area contributed by atoms with Crippen LogP contribution in [-0.4, -0.2) is 50.8 Å². The number of nitrogens with zero attached hydrogens (tertiary/aromatic N) is 2. The van der Waals surface area contributed by atoms with Gasteiger partial charge in [-0.1, -0.05) is 78.9 Å². The van der Waals surface area contributed by atoms with Crippen LogP contribution in [0.15, 0.2) is 138 Å². The normalized spacial score (nSPS) is 11.7. The molecule has 0 fully saturated rings. The van der Waals surface area contributed by atoms with Crippen molar-refractivity contribution >= 4 is 32.5 Å². The SMILES string of the molecule is COc1ccc(C(=CCC=C(c2ccc(OC)cc2)c2ccc(N(C)C)cc2)c2ccc(N(C)C)cc2)cc1.Cc1ccccc1S(N)(=O)=O. The highest BCUT2D eigenvalue weighted by Gasteiger charge is 2.10. The maximum absolute atomic E-state index is 10.8. The van der Waals surface area contributed by atoms with Crippen LogP contribution in [-0.2, 0) is 10.0 Å². The summed E-state index contributed by atoms with van der Waals surface area (Å²) in [5.74, 6) is 1.70. The molecule has 0 bridgehead atoms. The number of nitrogens with two attached hydrogens (primary N) is 1. The molecule has 0 atom stereocenters. The van der Waals surface area contributed by atoms with Crippen LogP contribution in [0.25, 0.3) is 11.1 Å². The zero-order chi connectivity index (χ0) is 36.3. The minimum Gasteiger partial charge on any atom is -0.497 e. The minimum absolute atomic E-state index is 0.194. The van der Waals surface area contributed by atoms with E-state index in [4.69, 9.17) is 14.6 Å². The highest BCUT2D eigenvalue weighted by molar-refractivity contribution is 7.89. The van der Waals surface area contributed by atoms with E-state index in [1.54, 1.807) is 39.3 Å². The summed E-state index contributed by atoms with van der Waals surface area (Å²) >= 11 is 0. The zero-order valence-corrected chi connectivity index (χ0v) is 30.7. The Labute approximate surface area is 298 Å². The predicted octanol–water partition coefficient (Wildman–Crippen LogP) is 8.43. The van der Waals surface area contributed by atoms with Crippen LogP contribution in [0.1, 0.15) is 34.2 Å². The second-order valence-corrected chi connectivity index (χ2v) is 13.7. The van der Waals surface area contributed by atoms with E-state index in [-0.39, 0.29) is 4.90 Å². The molecule has 260 valence electrons. The smallest absolute Gasteiger partial charge is 0.238 e. The van der Waals surface area contributed by atoms with Gasteiger partial charge >= 0.3 is 0 Å². The summed E-state index contributed by atoms with van der Waals surface area (Å²) in [5, 5.41) is 4.93. The number of benzene rings is 5. The van der Waals surface area contributed by atoms with E-state index < -0.39 is 10.0 Å². The van der Waals surface area contributed by atoms with Crippen molar-refractivity contribution in [2.24, 2.45) is 5.14 Å². The molecule has 50 heavy (non-hydrogen) atoms. The van der Waals surface area contributed by atoms with Crippen molar-refractivity contribution in [1.29, 1.82) is 0 Å². The summed E-state index contributed by atoms with van der Waals surface area (Å²) in [6.07, 6.45) is 5.39. The number of hydrogen-bond acceptors (Lipinski definition) is 6. The van der Waals surface area contributed by atoms with Crippen molar-refractivity contribution in [2.45, 2.75) is 18.2 Å². The molecule has 0 saturated carbocycles. The number of hydrogen-bond donors (Lipinski definition) is 1. The molecular formula is C42H47N3O4S. The van der Waals surface area contributed by atoms with Gasteiger partial charge in [-0.3, -0.25) is 0 Å². The van der Waals surface area contributed by atoms with Crippen LogP contribution >= 0.6 is 0 Å². The number of primary sulfonamides is 1. The Morgan fingerprint density at radius 3 is 1.20 bits per heavy atom. The fourth-order valence-electron chi connectivity index (χ4n) is 5.39. The van der Waals surface area contributed by atoms with Crippen LogP contribution in [0.5, 0.6) is 11.5 Å². The lowest BCUT2D eigenvalue weighted by atomic mass is 9.94. The molecule has 0 amide bonds. The molecule has 0 unspecified atom stereocenters. The summed E-state index contributed by atoms with van der Waals surface area (Å²) in [6.45, 7) is 1.71. The Morgan fingerprint density at radius 2 is 0.920 bits per heavy atom. The molecule has 0 radical (unpaired) electrons. The van der Waals surface area contributed by atoms with Gasteiger partial charge in [0.2, 0.25) is 10.0 Å². The van der Waals surface area contributed by atoms with Gasteiger partial charge in [-0.25, -0.2) is 13.6 Å². The van der Waals surface area contributed by atoms with Crippen molar-refractivity contribution in [3.63, 3.8) is 0 Å². The van der Waals surface area contributed by atoms with Crippen LogP contribution in [0.3, 0.4) is 0 Å². The zero-order valence-electron chi connectivity index (χ0n) is 29.9. The van der Waals surface area contributed by atoms with Gasteiger partial charge in [-0.2, -0.15) is 0 Å². The van der Waals surface area contributed by atoms with Gasteiger partial charge < -0.3 is 19.3 Å². The highest BCUT2D eigenvalue weighted by atomic mass is 32.2. The Balaban J connectivity index is 0.000000435. The van der Waals surface area contributed by atoms with Gasteiger partial charge in [0.25, 0.3) is 0 Å². The minimum atomic E-state index is -3.53. The van der Waals surface area contributed by atoms with E-state index in [1.807, 2.05) is 24.3 Å². The van der Waals surface area contributed by atoms with Crippen LogP contribution < -0.4 is 24.4 Å². The topological polar surface area (TPSA) is 85.1 Å². The van der Waals surface area contributed by atoms with Crippen LogP contribution in [0.4, 0.5) is 11.4 Å². The molecule has 0 heterocycles. The summed E-state index contributed by atoms with van der Waals surface area (Å²) in [5.41, 5.74) is 10.1. The third-order valence-electron chi connectivity index (χ3n) is 8.24. The molecule has 8 heteroatoms. The first kappa shape index (κ1) is 37.5. The maximum atomic E-state index is 10.8. The number of rotatable bonds is 11. The average Bonchev–Trinajstić information content (AvgIpc) is 3.12. The molecular weight excluding hydrogens is 643 g/mol. The molecule has 0 aliphatic rings. The van der Waals surface area contributed by atoms with Gasteiger partial charge in [0.15, 0.2) is 0 Å². The van der Waals surface area contributed by atoms with Gasteiger partial charge in [-0.05, 0) is 107 Å². The molecule has 0 saturated heterocycles. The first-order chi connectivity index (χ1) is 23.9. The third-order valence-corrected chi connectivity index (χ3v) is 9.31. The highest BCUT2D eigenvalue weighted by Crippen LogP contribution is 2.30. The first-order valence-electron chi connectivity index (χ1n) is 16.2. The van der Waals surface area contributed by atoms with Gasteiger partial charge in [0.1, 0.15) is 11.5 Å². The summed E-state index contributed by atoms with van der Waals surface area (Å²) in [6, 6.07) is 40.6. The maximum Gasteiger partial charge on any atom is 0.238 e. The molecule has 7 nitrogen and oxygen atoms in total. The monoisotopic (exact) mass is 689 g/mol. The summed E-state index contributed by atoms with van der Waals surface area (Å²) in [4.78, 5) is 4.43. The van der Waals surface area contributed by atoms with E-state index in [1.165, 1.54) is 39.7 Å². The second kappa shape index (κ2) is 17.4. The quantitative estimate of drug-likeness (QED) is 0.150. The fraction of sp³-hybridized carbons (Fsp3) is 0.190. The number of allylic oxidation sites excluding steroid dienone is 2. The number of ether oxygens (including phenoxy) is 2. The molecule has 0 aliphatic carbocycles. The number of anilines is 2. The number of sulfonamides is 1. The van der Waals surface area contributed by atoms with Crippen molar-refractivity contribution in [3.05, 3.63) is 161 Å². The number of methoxy groups -OCH3 is 2. The van der Waals surface area contributed by atoms with Gasteiger partial charge in [0, 0.05) is 39.6 Å². The van der Waals surface area contributed by atoms with E-state index in [0.29, 0.717) is 5.56 Å². The average molecular weight is 690 g/mol. The molecule has 0 aromatic heterocycles. The first-order valence-corrected chi connectivity index (χ1v) is 17.8. The second-order valence-electron chi connectivity index (χ2n) is 12.1. The van der Waals surface area contributed by atoms with Crippen molar-refractivity contribution < 1.29 is 17.9 Å². The van der Waals surface area contributed by atoms with E-state index in [9.17, 15) is 8.42 Å². The lowest BCUT2D eigenvalue weighted by Gasteiger charge is -2.15. The van der Waals surface area contributed by atoms with Gasteiger partial charge in [-0.15, -0.1) is 0 Å². The molecule has 5 aromatic carbocycles. The molecule has 0 spiro atoms. The Morgan fingerprint density at radius 1 is 0.580 bits per heavy atom. The molecule has 2 N–H and O–H groups in total. The Kier molecular flexibility index (Phi) is 13.0. The van der Waals surface area contributed by atoms with Gasteiger partial charge in [0.05, 0.1) is 19.1 Å². The molecule has 0 aliphatic heterocycles. The lowest BCUT2D eigenvalue weighted by molar-refractivity contribution is 0.414. The van der Waals surface area contributed by atoms with Crippen molar-refractivity contribution in [2.75, 3.05) is 52.2 Å². The molecule has 5 aromatic rings. The Bertz CT molecular complexity index is 1890.